The van der Waals surface area contributed by atoms with Crippen LogP contribution in [0.1, 0.15) is 40.0 Å². The smallest absolute Gasteiger partial charge is 0.0212 e. The molecule has 0 heterocycles. The van der Waals surface area contributed by atoms with Gasteiger partial charge >= 0.3 is 0 Å². The van der Waals surface area contributed by atoms with Gasteiger partial charge in [0.15, 0.2) is 0 Å². The highest BCUT2D eigenvalue weighted by molar-refractivity contribution is 7.81. The minimum Gasteiger partial charge on any atom is -0.0873 e. The maximum atomic E-state index is 5.27. The van der Waals surface area contributed by atoms with Gasteiger partial charge in [0.05, 0.1) is 0 Å². The maximum absolute atomic E-state index is 5.27. The molecule has 9 heavy (non-hydrogen) atoms. The van der Waals surface area contributed by atoms with Crippen molar-refractivity contribution in [3.63, 3.8) is 0 Å². The van der Waals surface area contributed by atoms with Gasteiger partial charge in [-0.15, -0.1) is 0 Å². The van der Waals surface area contributed by atoms with E-state index in [1.54, 1.807) is 0 Å². The van der Waals surface area contributed by atoms with E-state index < -0.39 is 0 Å². The van der Waals surface area contributed by atoms with Crippen molar-refractivity contribution in [1.82, 2.24) is 0 Å². The average molecular weight is 143 g/mol. The largest absolute Gasteiger partial charge is 0.0873 e. The lowest BCUT2D eigenvalue weighted by atomic mass is 9.96. The van der Waals surface area contributed by atoms with E-state index in [2.05, 4.69) is 20.8 Å². The summed E-state index contributed by atoms with van der Waals surface area (Å²) in [6.07, 6.45) is 4.01. The topological polar surface area (TPSA) is 0 Å². The number of hydrogen-bond donors (Lipinski definition) is 0. The first-order chi connectivity index (χ1) is 3.91. The van der Waals surface area contributed by atoms with Gasteiger partial charge in [0.1, 0.15) is 0 Å². The van der Waals surface area contributed by atoms with Crippen LogP contribution in [0.25, 0.3) is 0 Å². The molecule has 0 bridgehead atoms. The van der Waals surface area contributed by atoms with Crippen molar-refractivity contribution in [1.29, 1.82) is 0 Å². The number of hydrogen-bond acceptors (Lipinski definition) is 0. The Balaban J connectivity index is 2.33. The molecule has 1 radical (unpaired) electrons. The Bertz CT molecular complexity index is 103. The van der Waals surface area contributed by atoms with E-state index in [4.69, 9.17) is 12.6 Å². The fraction of sp³-hybridized carbons (Fsp3) is 1.00. The lowest BCUT2D eigenvalue weighted by Gasteiger charge is -2.20. The molecule has 1 heteroatoms. The van der Waals surface area contributed by atoms with Gasteiger partial charge in [0, 0.05) is 4.75 Å². The summed E-state index contributed by atoms with van der Waals surface area (Å²) in [5.41, 5.74) is 0.630. The van der Waals surface area contributed by atoms with Gasteiger partial charge in [-0.25, -0.2) is 0 Å². The Morgan fingerprint density at radius 2 is 1.89 bits per heavy atom. The molecule has 0 aromatic carbocycles. The van der Waals surface area contributed by atoms with Crippen LogP contribution in [0.15, 0.2) is 0 Å². The van der Waals surface area contributed by atoms with Crippen LogP contribution in [0.4, 0.5) is 0 Å². The molecule has 0 N–H and O–H groups in total. The van der Waals surface area contributed by atoms with E-state index in [-0.39, 0.29) is 4.75 Å². The zero-order chi connectivity index (χ0) is 7.12. The van der Waals surface area contributed by atoms with Crippen LogP contribution < -0.4 is 0 Å². The van der Waals surface area contributed by atoms with Gasteiger partial charge in [-0.3, -0.25) is 0 Å². The van der Waals surface area contributed by atoms with Crippen LogP contribution in [0.2, 0.25) is 0 Å². The third-order valence-electron chi connectivity index (χ3n) is 1.96. The standard InChI is InChI=1S/C8H15S/c1-7(2,9)6-8(3)4-5-8/h4-6H2,1-3H3. The Hall–Kier alpha value is 0.350. The summed E-state index contributed by atoms with van der Waals surface area (Å²) in [6, 6.07) is 0. The Morgan fingerprint density at radius 1 is 1.44 bits per heavy atom. The van der Waals surface area contributed by atoms with Crippen LogP contribution in [0.3, 0.4) is 0 Å². The Kier molecular flexibility index (Phi) is 1.59. The summed E-state index contributed by atoms with van der Waals surface area (Å²) in [6.45, 7) is 6.62. The highest BCUT2D eigenvalue weighted by atomic mass is 32.1. The molecule has 0 unspecified atom stereocenters. The van der Waals surface area contributed by atoms with E-state index >= 15 is 0 Å². The summed E-state index contributed by atoms with van der Waals surface area (Å²) < 4.78 is 0.130. The van der Waals surface area contributed by atoms with Crippen LogP contribution in [0, 0.1) is 5.41 Å². The molecule has 0 spiro atoms. The molecule has 0 aliphatic heterocycles. The predicted molar refractivity (Wildman–Crippen MR) is 43.6 cm³/mol. The van der Waals surface area contributed by atoms with Crippen molar-refractivity contribution in [2.24, 2.45) is 5.41 Å². The zero-order valence-corrected chi connectivity index (χ0v) is 7.35. The normalized spacial score (nSPS) is 24.0. The molecule has 0 saturated heterocycles. The van der Waals surface area contributed by atoms with Crippen molar-refractivity contribution in [2.45, 2.75) is 44.8 Å². The van der Waals surface area contributed by atoms with Crippen molar-refractivity contribution < 1.29 is 0 Å². The fourth-order valence-corrected chi connectivity index (χ4v) is 1.77. The fourth-order valence-electron chi connectivity index (χ4n) is 1.42. The number of rotatable bonds is 2. The van der Waals surface area contributed by atoms with E-state index in [1.165, 1.54) is 19.3 Å². The molecule has 0 atom stereocenters. The second-order valence-corrected chi connectivity index (χ2v) is 5.35. The lowest BCUT2D eigenvalue weighted by molar-refractivity contribution is 0.453. The van der Waals surface area contributed by atoms with Gasteiger partial charge in [0.2, 0.25) is 0 Å². The summed E-state index contributed by atoms with van der Waals surface area (Å²) >= 11 is 5.27. The molecule has 1 aliphatic carbocycles. The average Bonchev–Trinajstić information content (AvgIpc) is 2.12. The molecule has 1 fully saturated rings. The first kappa shape index (κ1) is 7.46. The molecule has 53 valence electrons. The Morgan fingerprint density at radius 3 is 2.00 bits per heavy atom. The molecular formula is C8H15S. The lowest BCUT2D eigenvalue weighted by Crippen LogP contribution is -2.15. The molecular weight excluding hydrogens is 128 g/mol. The van der Waals surface area contributed by atoms with E-state index in [0.717, 1.165) is 0 Å². The Labute approximate surface area is 63.4 Å². The second kappa shape index (κ2) is 1.91. The highest BCUT2D eigenvalue weighted by Gasteiger charge is 2.40. The summed E-state index contributed by atoms with van der Waals surface area (Å²) in [7, 11) is 0. The molecule has 1 aliphatic rings. The van der Waals surface area contributed by atoms with Crippen molar-refractivity contribution in [3.05, 3.63) is 0 Å². The minimum absolute atomic E-state index is 0.130. The van der Waals surface area contributed by atoms with Crippen molar-refractivity contribution in [2.75, 3.05) is 0 Å². The van der Waals surface area contributed by atoms with Gasteiger partial charge in [0.25, 0.3) is 0 Å². The summed E-state index contributed by atoms with van der Waals surface area (Å²) in [5.74, 6) is 0. The van der Waals surface area contributed by atoms with E-state index in [9.17, 15) is 0 Å². The van der Waals surface area contributed by atoms with Gasteiger partial charge in [-0.1, -0.05) is 19.6 Å². The van der Waals surface area contributed by atoms with Gasteiger partial charge in [-0.05, 0) is 38.5 Å². The van der Waals surface area contributed by atoms with Crippen LogP contribution in [-0.4, -0.2) is 4.75 Å². The van der Waals surface area contributed by atoms with Crippen LogP contribution in [-0.2, 0) is 0 Å². The first-order valence-electron chi connectivity index (χ1n) is 3.62. The molecule has 0 nitrogen and oxygen atoms in total. The molecule has 0 aromatic heterocycles. The monoisotopic (exact) mass is 143 g/mol. The maximum Gasteiger partial charge on any atom is 0.0212 e. The predicted octanol–water partition coefficient (Wildman–Crippen LogP) is 3.15. The van der Waals surface area contributed by atoms with E-state index in [1.807, 2.05) is 0 Å². The van der Waals surface area contributed by atoms with E-state index in [0.29, 0.717) is 5.41 Å². The third kappa shape index (κ3) is 2.61. The molecule has 0 aromatic rings. The van der Waals surface area contributed by atoms with Gasteiger partial charge in [-0.2, -0.15) is 0 Å². The second-order valence-electron chi connectivity index (χ2n) is 4.25. The first-order valence-corrected chi connectivity index (χ1v) is 4.03. The molecule has 1 saturated carbocycles. The van der Waals surface area contributed by atoms with Crippen molar-refractivity contribution in [3.8, 4) is 0 Å². The quantitative estimate of drug-likeness (QED) is 0.557. The third-order valence-corrected chi connectivity index (χ3v) is 2.10. The SMILES string of the molecule is CC(C)([S])CC1(C)CC1. The molecule has 0 amide bonds. The van der Waals surface area contributed by atoms with Gasteiger partial charge < -0.3 is 0 Å². The van der Waals surface area contributed by atoms with Crippen LogP contribution in [0.5, 0.6) is 0 Å². The highest BCUT2D eigenvalue weighted by Crippen LogP contribution is 2.51. The zero-order valence-electron chi connectivity index (χ0n) is 6.53. The van der Waals surface area contributed by atoms with Crippen molar-refractivity contribution >= 4 is 12.6 Å². The summed E-state index contributed by atoms with van der Waals surface area (Å²) in [5, 5.41) is 0. The molecule has 1 rings (SSSR count). The minimum atomic E-state index is 0.130. The summed E-state index contributed by atoms with van der Waals surface area (Å²) in [4.78, 5) is 0. The van der Waals surface area contributed by atoms with Crippen LogP contribution >= 0.6 is 12.6 Å².